The zero-order chi connectivity index (χ0) is 13.8. The van der Waals surface area contributed by atoms with Crippen molar-refractivity contribution in [2.75, 3.05) is 17.7 Å². The van der Waals surface area contributed by atoms with Crippen molar-refractivity contribution in [3.63, 3.8) is 0 Å². The summed E-state index contributed by atoms with van der Waals surface area (Å²) in [5, 5.41) is 12.4. The topological polar surface area (TPSA) is 67.5 Å². The van der Waals surface area contributed by atoms with Crippen LogP contribution in [0.4, 0.5) is 11.4 Å². The first-order valence-corrected chi connectivity index (χ1v) is 6.29. The molecule has 0 saturated heterocycles. The number of hydrogen-bond donors (Lipinski definition) is 3. The number of aliphatic hydroxyl groups excluding tert-OH is 1. The molecule has 0 fully saturated rings. The second-order valence-corrected chi connectivity index (χ2v) is 5.40. The van der Waals surface area contributed by atoms with Crippen LogP contribution in [0, 0.1) is 0 Å². The summed E-state index contributed by atoms with van der Waals surface area (Å²) in [6.07, 6.45) is 0.769. The van der Waals surface area contributed by atoms with Gasteiger partial charge < -0.3 is 20.9 Å². The van der Waals surface area contributed by atoms with Crippen LogP contribution in [-0.4, -0.2) is 23.4 Å². The molecule has 0 bridgehead atoms. The summed E-state index contributed by atoms with van der Waals surface area (Å²) < 4.78 is 5.65. The SMILES string of the molecule is CC(C)Oc1cc(NC(C)(C)CCO)ccc1N. The molecule has 0 atom stereocenters. The van der Waals surface area contributed by atoms with Crippen LogP contribution in [0.1, 0.15) is 34.1 Å². The van der Waals surface area contributed by atoms with Gasteiger partial charge in [0.15, 0.2) is 0 Å². The van der Waals surface area contributed by atoms with Gasteiger partial charge in [0.2, 0.25) is 0 Å². The van der Waals surface area contributed by atoms with Crippen molar-refractivity contribution < 1.29 is 9.84 Å². The molecule has 0 unspecified atom stereocenters. The normalized spacial score (nSPS) is 11.7. The molecule has 102 valence electrons. The average Bonchev–Trinajstić information content (AvgIpc) is 2.21. The summed E-state index contributed by atoms with van der Waals surface area (Å²) in [4.78, 5) is 0. The Kier molecular flexibility index (Phi) is 4.84. The number of nitrogens with two attached hydrogens (primary N) is 1. The molecule has 4 N–H and O–H groups in total. The maximum absolute atomic E-state index is 9.01. The first-order chi connectivity index (χ1) is 8.34. The van der Waals surface area contributed by atoms with E-state index in [0.29, 0.717) is 17.9 Å². The minimum atomic E-state index is -0.167. The lowest BCUT2D eigenvalue weighted by Gasteiger charge is -2.27. The quantitative estimate of drug-likeness (QED) is 0.681. The minimum Gasteiger partial charge on any atom is -0.489 e. The van der Waals surface area contributed by atoms with Gasteiger partial charge in [0, 0.05) is 23.9 Å². The molecule has 0 radical (unpaired) electrons. The summed E-state index contributed by atoms with van der Waals surface area (Å²) in [5.41, 5.74) is 7.28. The molecule has 4 heteroatoms. The Morgan fingerprint density at radius 3 is 2.61 bits per heavy atom. The highest BCUT2D eigenvalue weighted by molar-refractivity contribution is 5.62. The van der Waals surface area contributed by atoms with Crippen LogP contribution in [0.5, 0.6) is 5.75 Å². The van der Waals surface area contributed by atoms with Gasteiger partial charge in [-0.2, -0.15) is 0 Å². The minimum absolute atomic E-state index is 0.0907. The van der Waals surface area contributed by atoms with Gasteiger partial charge in [0.05, 0.1) is 11.8 Å². The van der Waals surface area contributed by atoms with E-state index in [4.69, 9.17) is 15.6 Å². The predicted molar refractivity (Wildman–Crippen MR) is 76.0 cm³/mol. The fourth-order valence-electron chi connectivity index (χ4n) is 1.70. The molecule has 0 aliphatic heterocycles. The lowest BCUT2D eigenvalue weighted by Crippen LogP contribution is -2.31. The molecule has 18 heavy (non-hydrogen) atoms. The lowest BCUT2D eigenvalue weighted by atomic mass is 10.0. The average molecular weight is 252 g/mol. The van der Waals surface area contributed by atoms with E-state index < -0.39 is 0 Å². The van der Waals surface area contributed by atoms with Crippen molar-refractivity contribution >= 4 is 11.4 Å². The van der Waals surface area contributed by atoms with Gasteiger partial charge in [-0.3, -0.25) is 0 Å². The van der Waals surface area contributed by atoms with Crippen LogP contribution in [0.2, 0.25) is 0 Å². The zero-order valence-electron chi connectivity index (χ0n) is 11.7. The maximum Gasteiger partial charge on any atom is 0.144 e. The maximum atomic E-state index is 9.01. The van der Waals surface area contributed by atoms with E-state index in [1.807, 2.05) is 45.9 Å². The third-order valence-electron chi connectivity index (χ3n) is 2.60. The molecule has 0 aromatic heterocycles. The summed E-state index contributed by atoms with van der Waals surface area (Å²) >= 11 is 0. The van der Waals surface area contributed by atoms with Gasteiger partial charge in [-0.1, -0.05) is 0 Å². The van der Waals surface area contributed by atoms with Gasteiger partial charge in [-0.05, 0) is 46.2 Å². The number of rotatable bonds is 6. The second-order valence-electron chi connectivity index (χ2n) is 5.40. The molecule has 0 aliphatic rings. The number of ether oxygens (including phenoxy) is 1. The molecule has 4 nitrogen and oxygen atoms in total. The summed E-state index contributed by atoms with van der Waals surface area (Å²) in [7, 11) is 0. The van der Waals surface area contributed by atoms with Crippen LogP contribution in [0.25, 0.3) is 0 Å². The zero-order valence-corrected chi connectivity index (χ0v) is 11.7. The van der Waals surface area contributed by atoms with Crippen molar-refractivity contribution in [2.45, 2.75) is 45.8 Å². The fourth-order valence-corrected chi connectivity index (χ4v) is 1.70. The fraction of sp³-hybridized carbons (Fsp3) is 0.571. The molecule has 1 rings (SSSR count). The van der Waals surface area contributed by atoms with Crippen molar-refractivity contribution in [3.8, 4) is 5.75 Å². The van der Waals surface area contributed by atoms with Gasteiger partial charge in [-0.15, -0.1) is 0 Å². The Hall–Kier alpha value is -1.42. The van der Waals surface area contributed by atoms with E-state index in [-0.39, 0.29) is 18.2 Å². The highest BCUT2D eigenvalue weighted by atomic mass is 16.5. The van der Waals surface area contributed by atoms with Crippen LogP contribution < -0.4 is 15.8 Å². The first kappa shape index (κ1) is 14.6. The van der Waals surface area contributed by atoms with Crippen LogP contribution in [-0.2, 0) is 0 Å². The van der Waals surface area contributed by atoms with Crippen LogP contribution in [0.3, 0.4) is 0 Å². The molecule has 1 aromatic rings. The summed E-state index contributed by atoms with van der Waals surface area (Å²) in [6, 6.07) is 5.64. The summed E-state index contributed by atoms with van der Waals surface area (Å²) in [6.45, 7) is 8.18. The summed E-state index contributed by atoms with van der Waals surface area (Å²) in [5.74, 6) is 0.690. The van der Waals surface area contributed by atoms with E-state index in [0.717, 1.165) is 5.69 Å². The number of anilines is 2. The molecule has 0 spiro atoms. The number of nitrogens with one attached hydrogen (secondary N) is 1. The first-order valence-electron chi connectivity index (χ1n) is 6.29. The standard InChI is InChI=1S/C14H24N2O2/c1-10(2)18-13-9-11(5-6-12(13)15)16-14(3,4)7-8-17/h5-6,9-10,16-17H,7-8,15H2,1-4H3. The highest BCUT2D eigenvalue weighted by Crippen LogP contribution is 2.28. The highest BCUT2D eigenvalue weighted by Gasteiger charge is 2.17. The van der Waals surface area contributed by atoms with Crippen LogP contribution >= 0.6 is 0 Å². The molecule has 0 aliphatic carbocycles. The van der Waals surface area contributed by atoms with Crippen molar-refractivity contribution in [1.82, 2.24) is 0 Å². The van der Waals surface area contributed by atoms with E-state index >= 15 is 0 Å². The molecule has 0 heterocycles. The largest absolute Gasteiger partial charge is 0.489 e. The van der Waals surface area contributed by atoms with E-state index in [2.05, 4.69) is 5.32 Å². The molecular weight excluding hydrogens is 228 g/mol. The lowest BCUT2D eigenvalue weighted by molar-refractivity contribution is 0.244. The van der Waals surface area contributed by atoms with Gasteiger partial charge in [0.1, 0.15) is 5.75 Å². The smallest absolute Gasteiger partial charge is 0.144 e. The van der Waals surface area contributed by atoms with E-state index in [1.165, 1.54) is 0 Å². The van der Waals surface area contributed by atoms with Crippen LogP contribution in [0.15, 0.2) is 18.2 Å². The Labute approximate surface area is 109 Å². The molecule has 1 aromatic carbocycles. The number of nitrogen functional groups attached to an aromatic ring is 1. The number of benzene rings is 1. The van der Waals surface area contributed by atoms with Crippen molar-refractivity contribution in [2.24, 2.45) is 0 Å². The van der Waals surface area contributed by atoms with E-state index in [9.17, 15) is 0 Å². The van der Waals surface area contributed by atoms with E-state index in [1.54, 1.807) is 0 Å². The van der Waals surface area contributed by atoms with Gasteiger partial charge in [-0.25, -0.2) is 0 Å². The third-order valence-corrected chi connectivity index (χ3v) is 2.60. The predicted octanol–water partition coefficient (Wildman–Crippen LogP) is 2.63. The Morgan fingerprint density at radius 1 is 1.39 bits per heavy atom. The Bertz CT molecular complexity index is 389. The van der Waals surface area contributed by atoms with Crippen molar-refractivity contribution in [1.29, 1.82) is 0 Å². The Morgan fingerprint density at radius 2 is 2.06 bits per heavy atom. The second kappa shape index (κ2) is 5.96. The molecule has 0 amide bonds. The Balaban J connectivity index is 2.84. The van der Waals surface area contributed by atoms with Gasteiger partial charge >= 0.3 is 0 Å². The van der Waals surface area contributed by atoms with Gasteiger partial charge in [0.25, 0.3) is 0 Å². The third kappa shape index (κ3) is 4.45. The molecular formula is C14H24N2O2. The molecule has 0 saturated carbocycles. The monoisotopic (exact) mass is 252 g/mol. The number of aliphatic hydroxyl groups is 1. The van der Waals surface area contributed by atoms with Crippen molar-refractivity contribution in [3.05, 3.63) is 18.2 Å². The number of hydrogen-bond acceptors (Lipinski definition) is 4.